The molecule has 29 heavy (non-hydrogen) atoms. The van der Waals surface area contributed by atoms with E-state index in [1.165, 1.54) is 64.7 Å². The second kappa shape index (κ2) is 13.1. The van der Waals surface area contributed by atoms with Crippen LogP contribution in [0.3, 0.4) is 0 Å². The molecule has 0 aliphatic rings. The van der Waals surface area contributed by atoms with Crippen molar-refractivity contribution in [3.63, 3.8) is 0 Å². The third kappa shape index (κ3) is 8.39. The van der Waals surface area contributed by atoms with E-state index in [1.807, 2.05) is 36.4 Å². The van der Waals surface area contributed by atoms with Crippen LogP contribution < -0.4 is 5.32 Å². The molecule has 3 heteroatoms. The lowest BCUT2D eigenvalue weighted by Gasteiger charge is -2.09. The number of rotatable bonds is 14. The van der Waals surface area contributed by atoms with Crippen LogP contribution in [0.15, 0.2) is 36.4 Å². The number of hydrogen-bond acceptors (Lipinski definition) is 2. The van der Waals surface area contributed by atoms with E-state index in [0.717, 1.165) is 34.9 Å². The van der Waals surface area contributed by atoms with Crippen molar-refractivity contribution in [1.29, 1.82) is 0 Å². The summed E-state index contributed by atoms with van der Waals surface area (Å²) in [5, 5.41) is 4.76. The van der Waals surface area contributed by atoms with Crippen LogP contribution in [0.5, 0.6) is 0 Å². The Balaban J connectivity index is 1.73. The number of nitrogens with one attached hydrogen (secondary N) is 1. The SMILES string of the molecule is CCCCCCCCCCCCCC(=O)c1cccc2ccc(NC(C)=O)cc12. The van der Waals surface area contributed by atoms with E-state index < -0.39 is 0 Å². The Bertz CT molecular complexity index is 781. The van der Waals surface area contributed by atoms with Gasteiger partial charge in [0.05, 0.1) is 0 Å². The standard InChI is InChI=1S/C26H37NO2/c1-3-4-5-6-7-8-9-10-11-12-13-17-26(29)24-16-14-15-22-18-19-23(20-25(22)24)27-21(2)28/h14-16,18-20H,3-13,17H2,1-2H3,(H,27,28). The molecule has 0 saturated heterocycles. The first-order valence-corrected chi connectivity index (χ1v) is 11.5. The summed E-state index contributed by atoms with van der Waals surface area (Å²) in [4.78, 5) is 24.1. The van der Waals surface area contributed by atoms with Crippen LogP contribution in [0.2, 0.25) is 0 Å². The number of amides is 1. The summed E-state index contributed by atoms with van der Waals surface area (Å²) < 4.78 is 0. The Kier molecular flexibility index (Phi) is 10.5. The van der Waals surface area contributed by atoms with Crippen molar-refractivity contribution < 1.29 is 9.59 Å². The lowest BCUT2D eigenvalue weighted by Crippen LogP contribution is -2.06. The van der Waals surface area contributed by atoms with Crippen molar-refractivity contribution >= 4 is 28.2 Å². The summed E-state index contributed by atoms with van der Waals surface area (Å²) in [6.07, 6.45) is 14.7. The van der Waals surface area contributed by atoms with Gasteiger partial charge in [-0.3, -0.25) is 9.59 Å². The molecular weight excluding hydrogens is 358 g/mol. The van der Waals surface area contributed by atoms with Gasteiger partial charge < -0.3 is 5.32 Å². The third-order valence-corrected chi connectivity index (χ3v) is 5.51. The number of benzene rings is 2. The molecule has 0 aromatic heterocycles. The summed E-state index contributed by atoms with van der Waals surface area (Å²) >= 11 is 0. The first kappa shape index (κ1) is 23.1. The fourth-order valence-corrected chi connectivity index (χ4v) is 3.88. The molecule has 3 nitrogen and oxygen atoms in total. The number of unbranched alkanes of at least 4 members (excludes halogenated alkanes) is 10. The number of ketones is 1. The van der Waals surface area contributed by atoms with Gasteiger partial charge in [0.2, 0.25) is 5.91 Å². The molecule has 1 N–H and O–H groups in total. The van der Waals surface area contributed by atoms with Crippen LogP contribution in [0.1, 0.15) is 101 Å². The number of carbonyl (C=O) groups excluding carboxylic acids is 2. The quantitative estimate of drug-likeness (QED) is 0.263. The van der Waals surface area contributed by atoms with Gasteiger partial charge in [-0.15, -0.1) is 0 Å². The Morgan fingerprint density at radius 3 is 2.03 bits per heavy atom. The summed E-state index contributed by atoms with van der Waals surface area (Å²) in [5.41, 5.74) is 1.50. The van der Waals surface area contributed by atoms with Gasteiger partial charge in [-0.05, 0) is 29.3 Å². The van der Waals surface area contributed by atoms with Gasteiger partial charge in [0.25, 0.3) is 0 Å². The maximum atomic E-state index is 12.8. The van der Waals surface area contributed by atoms with Gasteiger partial charge in [0.1, 0.15) is 0 Å². The Morgan fingerprint density at radius 1 is 0.793 bits per heavy atom. The Hall–Kier alpha value is -2.16. The van der Waals surface area contributed by atoms with Gasteiger partial charge in [-0.25, -0.2) is 0 Å². The van der Waals surface area contributed by atoms with Crippen LogP contribution >= 0.6 is 0 Å². The maximum Gasteiger partial charge on any atom is 0.221 e. The average molecular weight is 396 g/mol. The van der Waals surface area contributed by atoms with Crippen LogP contribution in [0.25, 0.3) is 10.8 Å². The van der Waals surface area contributed by atoms with Crippen molar-refractivity contribution in [2.45, 2.75) is 90.9 Å². The predicted octanol–water partition coefficient (Wildman–Crippen LogP) is 7.68. The highest BCUT2D eigenvalue weighted by molar-refractivity contribution is 6.09. The predicted molar refractivity (Wildman–Crippen MR) is 124 cm³/mol. The highest BCUT2D eigenvalue weighted by Crippen LogP contribution is 2.25. The van der Waals surface area contributed by atoms with E-state index in [1.54, 1.807) is 0 Å². The Morgan fingerprint density at radius 2 is 1.41 bits per heavy atom. The minimum Gasteiger partial charge on any atom is -0.326 e. The molecular formula is C26H37NO2. The molecule has 0 fully saturated rings. The van der Waals surface area contributed by atoms with Crippen molar-refractivity contribution in [2.24, 2.45) is 0 Å². The zero-order chi connectivity index (χ0) is 20.9. The van der Waals surface area contributed by atoms with E-state index in [2.05, 4.69) is 12.2 Å². The van der Waals surface area contributed by atoms with Crippen molar-refractivity contribution in [2.75, 3.05) is 5.32 Å². The minimum atomic E-state index is -0.103. The molecule has 1 amide bonds. The zero-order valence-electron chi connectivity index (χ0n) is 18.3. The van der Waals surface area contributed by atoms with E-state index in [0.29, 0.717) is 6.42 Å². The number of anilines is 1. The minimum absolute atomic E-state index is 0.103. The largest absolute Gasteiger partial charge is 0.326 e. The molecule has 0 aliphatic carbocycles. The number of carbonyl (C=O) groups is 2. The molecule has 0 bridgehead atoms. The zero-order valence-corrected chi connectivity index (χ0v) is 18.3. The first-order valence-electron chi connectivity index (χ1n) is 11.5. The van der Waals surface area contributed by atoms with E-state index in [4.69, 9.17) is 0 Å². The topological polar surface area (TPSA) is 46.2 Å². The third-order valence-electron chi connectivity index (χ3n) is 5.51. The van der Waals surface area contributed by atoms with Gasteiger partial charge in [-0.1, -0.05) is 95.4 Å². The molecule has 2 aromatic rings. The van der Waals surface area contributed by atoms with Gasteiger partial charge >= 0.3 is 0 Å². The molecule has 0 unspecified atom stereocenters. The van der Waals surface area contributed by atoms with Crippen LogP contribution in [0.4, 0.5) is 5.69 Å². The normalized spacial score (nSPS) is 11.0. The summed E-state index contributed by atoms with van der Waals surface area (Å²) in [6, 6.07) is 11.6. The number of hydrogen-bond donors (Lipinski definition) is 1. The smallest absolute Gasteiger partial charge is 0.221 e. The molecule has 0 aliphatic heterocycles. The molecule has 0 atom stereocenters. The molecule has 0 heterocycles. The van der Waals surface area contributed by atoms with E-state index >= 15 is 0 Å². The fourth-order valence-electron chi connectivity index (χ4n) is 3.88. The molecule has 2 rings (SSSR count). The van der Waals surface area contributed by atoms with Crippen LogP contribution in [-0.2, 0) is 4.79 Å². The van der Waals surface area contributed by atoms with Crippen LogP contribution in [-0.4, -0.2) is 11.7 Å². The summed E-state index contributed by atoms with van der Waals surface area (Å²) in [5.74, 6) is 0.0978. The number of fused-ring (bicyclic) bond motifs is 1. The summed E-state index contributed by atoms with van der Waals surface area (Å²) in [7, 11) is 0. The first-order chi connectivity index (χ1) is 14.1. The molecule has 0 saturated carbocycles. The lowest BCUT2D eigenvalue weighted by atomic mass is 9.97. The monoisotopic (exact) mass is 395 g/mol. The van der Waals surface area contributed by atoms with E-state index in [-0.39, 0.29) is 11.7 Å². The van der Waals surface area contributed by atoms with Gasteiger partial charge in [-0.2, -0.15) is 0 Å². The van der Waals surface area contributed by atoms with Crippen molar-refractivity contribution in [3.05, 3.63) is 42.0 Å². The molecule has 158 valence electrons. The van der Waals surface area contributed by atoms with Gasteiger partial charge in [0, 0.05) is 24.6 Å². The molecule has 0 spiro atoms. The number of Topliss-reactive ketones (excluding diaryl/α,β-unsaturated/α-hetero) is 1. The van der Waals surface area contributed by atoms with Crippen molar-refractivity contribution in [1.82, 2.24) is 0 Å². The Labute approximate surface area is 176 Å². The fraction of sp³-hybridized carbons (Fsp3) is 0.538. The highest BCUT2D eigenvalue weighted by Gasteiger charge is 2.10. The summed E-state index contributed by atoms with van der Waals surface area (Å²) in [6.45, 7) is 3.75. The second-order valence-corrected chi connectivity index (χ2v) is 8.13. The molecule has 0 radical (unpaired) electrons. The van der Waals surface area contributed by atoms with Gasteiger partial charge in [0.15, 0.2) is 5.78 Å². The van der Waals surface area contributed by atoms with Crippen molar-refractivity contribution in [3.8, 4) is 0 Å². The second-order valence-electron chi connectivity index (χ2n) is 8.13. The lowest BCUT2D eigenvalue weighted by molar-refractivity contribution is -0.114. The highest BCUT2D eigenvalue weighted by atomic mass is 16.1. The average Bonchev–Trinajstić information content (AvgIpc) is 2.71. The van der Waals surface area contributed by atoms with Crippen LogP contribution in [0, 0.1) is 0 Å². The molecule has 2 aromatic carbocycles. The maximum absolute atomic E-state index is 12.8. The van der Waals surface area contributed by atoms with E-state index in [9.17, 15) is 9.59 Å².